The van der Waals surface area contributed by atoms with Crippen LogP contribution >= 0.6 is 11.6 Å². The number of anilines is 1. The van der Waals surface area contributed by atoms with Crippen LogP contribution in [-0.4, -0.2) is 33.5 Å². The van der Waals surface area contributed by atoms with Crippen molar-refractivity contribution < 1.29 is 17.9 Å². The number of ether oxygens (including phenoxy) is 1. The summed E-state index contributed by atoms with van der Waals surface area (Å²) in [6.45, 7) is 3.68. The van der Waals surface area contributed by atoms with Gasteiger partial charge in [0.2, 0.25) is 0 Å². The minimum absolute atomic E-state index is 0.0869. The maximum atomic E-state index is 13.1. The van der Waals surface area contributed by atoms with Gasteiger partial charge in [-0.3, -0.25) is 9.10 Å². The molecule has 0 bridgehead atoms. The molecule has 0 aromatic heterocycles. The van der Waals surface area contributed by atoms with Gasteiger partial charge < -0.3 is 10.1 Å². The van der Waals surface area contributed by atoms with Crippen molar-refractivity contribution in [1.29, 1.82) is 0 Å². The van der Waals surface area contributed by atoms with Gasteiger partial charge in [-0.1, -0.05) is 29.8 Å². The van der Waals surface area contributed by atoms with Crippen LogP contribution in [0, 0.1) is 0 Å². The number of rotatable bonds is 5. The molecule has 1 N–H and O–H groups in total. The summed E-state index contributed by atoms with van der Waals surface area (Å²) in [7, 11) is -3.88. The second-order valence-electron chi connectivity index (χ2n) is 5.60. The molecule has 1 aliphatic heterocycles. The zero-order valence-electron chi connectivity index (χ0n) is 13.8. The van der Waals surface area contributed by atoms with Crippen molar-refractivity contribution in [3.8, 4) is 5.75 Å². The molecule has 136 valence electrons. The number of hydrogen-bond donors (Lipinski definition) is 1. The summed E-state index contributed by atoms with van der Waals surface area (Å²) < 4.78 is 33.1. The summed E-state index contributed by atoms with van der Waals surface area (Å²) in [5.41, 5.74) is 0.384. The molecular formula is C18H17ClN2O4S. The molecule has 1 amide bonds. The monoisotopic (exact) mass is 392 g/mol. The van der Waals surface area contributed by atoms with E-state index in [2.05, 4.69) is 11.9 Å². The zero-order chi connectivity index (χ0) is 18.7. The lowest BCUT2D eigenvalue weighted by Crippen LogP contribution is -2.50. The fourth-order valence-corrected chi connectivity index (χ4v) is 4.19. The van der Waals surface area contributed by atoms with Crippen molar-refractivity contribution in [2.24, 2.45) is 0 Å². The van der Waals surface area contributed by atoms with Crippen molar-refractivity contribution in [2.45, 2.75) is 11.0 Å². The molecule has 6 nitrogen and oxygen atoms in total. The molecule has 2 aromatic carbocycles. The molecular weight excluding hydrogens is 376 g/mol. The van der Waals surface area contributed by atoms with E-state index in [0.717, 1.165) is 0 Å². The van der Waals surface area contributed by atoms with E-state index >= 15 is 0 Å². The molecule has 1 atom stereocenters. The van der Waals surface area contributed by atoms with Crippen LogP contribution in [-0.2, 0) is 14.8 Å². The number of hydrogen-bond acceptors (Lipinski definition) is 4. The van der Waals surface area contributed by atoms with Gasteiger partial charge >= 0.3 is 0 Å². The van der Waals surface area contributed by atoms with Gasteiger partial charge in [-0.25, -0.2) is 8.42 Å². The van der Waals surface area contributed by atoms with Crippen LogP contribution in [0.2, 0.25) is 5.02 Å². The summed E-state index contributed by atoms with van der Waals surface area (Å²) >= 11 is 5.85. The van der Waals surface area contributed by atoms with Gasteiger partial charge in [0.05, 0.1) is 17.1 Å². The maximum Gasteiger partial charge on any atom is 0.264 e. The van der Waals surface area contributed by atoms with Gasteiger partial charge in [-0.15, -0.1) is 6.58 Å². The fraction of sp³-hybridized carbons (Fsp3) is 0.167. The Labute approximate surface area is 157 Å². The molecule has 1 heterocycles. The number of fused-ring (bicyclic) bond motifs is 1. The van der Waals surface area contributed by atoms with E-state index in [1.165, 1.54) is 34.6 Å². The lowest BCUT2D eigenvalue weighted by atomic mass is 10.2. The standard InChI is InChI=1S/C18H17ClN2O4S/c1-2-11-20-18(22)17-12-21(15-5-3-4-6-16(15)25-17)26(23,24)14-9-7-13(19)8-10-14/h2-10,17H,1,11-12H2,(H,20,22). The van der Waals surface area contributed by atoms with Crippen LogP contribution in [0.15, 0.2) is 66.1 Å². The molecule has 1 aliphatic rings. The van der Waals surface area contributed by atoms with Gasteiger partial charge in [-0.05, 0) is 36.4 Å². The van der Waals surface area contributed by atoms with Gasteiger partial charge in [0.25, 0.3) is 15.9 Å². The normalized spacial score (nSPS) is 16.3. The minimum Gasteiger partial charge on any atom is -0.476 e. The summed E-state index contributed by atoms with van der Waals surface area (Å²) in [6, 6.07) is 12.6. The van der Waals surface area contributed by atoms with Gasteiger partial charge in [0, 0.05) is 11.6 Å². The first-order valence-corrected chi connectivity index (χ1v) is 9.68. The number of amides is 1. The average Bonchev–Trinajstić information content (AvgIpc) is 2.65. The lowest BCUT2D eigenvalue weighted by Gasteiger charge is -2.34. The number of para-hydroxylation sites is 2. The molecule has 0 saturated heterocycles. The average molecular weight is 393 g/mol. The summed E-state index contributed by atoms with van der Waals surface area (Å²) in [4.78, 5) is 12.4. The summed E-state index contributed by atoms with van der Waals surface area (Å²) in [5, 5.41) is 3.07. The quantitative estimate of drug-likeness (QED) is 0.793. The highest BCUT2D eigenvalue weighted by atomic mass is 35.5. The van der Waals surface area contributed by atoms with E-state index in [9.17, 15) is 13.2 Å². The number of halogens is 1. The van der Waals surface area contributed by atoms with E-state index in [0.29, 0.717) is 16.5 Å². The first kappa shape index (κ1) is 18.3. The molecule has 26 heavy (non-hydrogen) atoms. The highest BCUT2D eigenvalue weighted by molar-refractivity contribution is 7.92. The predicted octanol–water partition coefficient (Wildman–Crippen LogP) is 2.60. The third-order valence-corrected chi connectivity index (χ3v) is 5.90. The number of sulfonamides is 1. The van der Waals surface area contributed by atoms with E-state index in [1.807, 2.05) is 0 Å². The zero-order valence-corrected chi connectivity index (χ0v) is 15.3. The number of nitrogens with zero attached hydrogens (tertiary/aromatic N) is 1. The lowest BCUT2D eigenvalue weighted by molar-refractivity contribution is -0.127. The summed E-state index contributed by atoms with van der Waals surface area (Å²) in [5.74, 6) is -0.0780. The van der Waals surface area contributed by atoms with E-state index < -0.39 is 22.0 Å². The number of nitrogens with one attached hydrogen (secondary N) is 1. The van der Waals surface area contributed by atoms with Crippen LogP contribution in [0.1, 0.15) is 0 Å². The van der Waals surface area contributed by atoms with Gasteiger partial charge in [-0.2, -0.15) is 0 Å². The van der Waals surface area contributed by atoms with Crippen molar-refractivity contribution in [3.05, 3.63) is 66.2 Å². The summed E-state index contributed by atoms with van der Waals surface area (Å²) in [6.07, 6.45) is 0.573. The Hall–Kier alpha value is -2.51. The molecule has 1 unspecified atom stereocenters. The third kappa shape index (κ3) is 3.54. The van der Waals surface area contributed by atoms with Crippen LogP contribution in [0.25, 0.3) is 0 Å². The second kappa shape index (κ2) is 7.39. The van der Waals surface area contributed by atoms with E-state index in [1.54, 1.807) is 24.3 Å². The molecule has 0 radical (unpaired) electrons. The minimum atomic E-state index is -3.88. The Balaban J connectivity index is 2.00. The fourth-order valence-electron chi connectivity index (χ4n) is 2.59. The topological polar surface area (TPSA) is 75.7 Å². The molecule has 0 fully saturated rings. The molecule has 0 spiro atoms. The SMILES string of the molecule is C=CCNC(=O)C1CN(S(=O)(=O)c2ccc(Cl)cc2)c2ccccc2O1. The second-order valence-corrected chi connectivity index (χ2v) is 7.90. The Kier molecular flexibility index (Phi) is 5.20. The number of benzene rings is 2. The van der Waals surface area contributed by atoms with Gasteiger partial charge in [0.15, 0.2) is 6.10 Å². The Morgan fingerprint density at radius 1 is 1.27 bits per heavy atom. The Bertz CT molecular complexity index is 928. The number of carbonyl (C=O) groups is 1. The van der Waals surface area contributed by atoms with Crippen LogP contribution in [0.5, 0.6) is 5.75 Å². The number of carbonyl (C=O) groups excluding carboxylic acids is 1. The molecule has 3 rings (SSSR count). The van der Waals surface area contributed by atoms with Crippen molar-refractivity contribution in [1.82, 2.24) is 5.32 Å². The van der Waals surface area contributed by atoms with Crippen LogP contribution in [0.3, 0.4) is 0 Å². The third-order valence-electron chi connectivity index (χ3n) is 3.85. The van der Waals surface area contributed by atoms with Crippen molar-refractivity contribution in [3.63, 3.8) is 0 Å². The van der Waals surface area contributed by atoms with Crippen molar-refractivity contribution in [2.75, 3.05) is 17.4 Å². The first-order chi connectivity index (χ1) is 12.4. The molecule has 0 saturated carbocycles. The molecule has 0 aliphatic carbocycles. The van der Waals surface area contributed by atoms with E-state index in [4.69, 9.17) is 16.3 Å². The predicted molar refractivity (Wildman–Crippen MR) is 100 cm³/mol. The smallest absolute Gasteiger partial charge is 0.264 e. The molecule has 8 heteroatoms. The first-order valence-electron chi connectivity index (χ1n) is 7.86. The van der Waals surface area contributed by atoms with Gasteiger partial charge in [0.1, 0.15) is 5.75 Å². The molecule has 2 aromatic rings. The largest absolute Gasteiger partial charge is 0.476 e. The maximum absolute atomic E-state index is 13.1. The van der Waals surface area contributed by atoms with Crippen LogP contribution < -0.4 is 14.4 Å². The van der Waals surface area contributed by atoms with Crippen molar-refractivity contribution >= 4 is 33.2 Å². The Morgan fingerprint density at radius 2 is 1.96 bits per heavy atom. The Morgan fingerprint density at radius 3 is 2.65 bits per heavy atom. The highest BCUT2D eigenvalue weighted by Crippen LogP contribution is 2.36. The highest BCUT2D eigenvalue weighted by Gasteiger charge is 2.37. The van der Waals surface area contributed by atoms with E-state index in [-0.39, 0.29) is 18.0 Å². The van der Waals surface area contributed by atoms with Crippen LogP contribution in [0.4, 0.5) is 5.69 Å².